The van der Waals surface area contributed by atoms with Crippen molar-refractivity contribution in [2.75, 3.05) is 11.9 Å². The van der Waals surface area contributed by atoms with E-state index >= 15 is 8.78 Å². The molecule has 2 saturated heterocycles. The SMILES string of the molecule is CC(C)OP1(=O)OC[C@H]2OC(n3ccc(NC(=O)c4ccc5c(c4)OC(C(=O)O)O5)nc3=O)C(F)(F)[C@@H]2O1. The van der Waals surface area contributed by atoms with Gasteiger partial charge in [-0.15, -0.1) is 0 Å². The van der Waals surface area contributed by atoms with Crippen LogP contribution in [0, 0.1) is 0 Å². The van der Waals surface area contributed by atoms with Crippen molar-refractivity contribution in [2.45, 2.75) is 50.6 Å². The van der Waals surface area contributed by atoms with Crippen LogP contribution in [-0.4, -0.2) is 63.7 Å². The van der Waals surface area contributed by atoms with Gasteiger partial charge in [0, 0.05) is 11.8 Å². The maximum absolute atomic E-state index is 15.2. The largest absolute Gasteiger partial charge is 0.476 e. The highest BCUT2D eigenvalue weighted by Crippen LogP contribution is 2.60. The second-order valence-corrected chi connectivity index (χ2v) is 10.2. The number of nitrogens with zero attached hydrogens (tertiary/aromatic N) is 2. The topological polar surface area (TPSA) is 174 Å². The van der Waals surface area contributed by atoms with Crippen LogP contribution in [0.1, 0.15) is 30.4 Å². The Kier molecular flexibility index (Phi) is 6.47. The zero-order valence-corrected chi connectivity index (χ0v) is 20.5. The Morgan fingerprint density at radius 1 is 1.26 bits per heavy atom. The summed E-state index contributed by atoms with van der Waals surface area (Å²) in [5, 5.41) is 11.3. The minimum Gasteiger partial charge on any atom is -0.476 e. The fourth-order valence-corrected chi connectivity index (χ4v) is 5.49. The molecule has 5 atom stereocenters. The number of anilines is 1. The van der Waals surface area contributed by atoms with Gasteiger partial charge in [-0.3, -0.25) is 22.9 Å². The van der Waals surface area contributed by atoms with Gasteiger partial charge < -0.3 is 24.6 Å². The van der Waals surface area contributed by atoms with E-state index in [1.54, 1.807) is 0 Å². The monoisotopic (exact) mass is 559 g/mol. The van der Waals surface area contributed by atoms with E-state index in [0.717, 1.165) is 12.3 Å². The third-order valence-corrected chi connectivity index (χ3v) is 7.16. The number of halogens is 2. The molecule has 3 aliphatic rings. The Balaban J connectivity index is 1.30. The Morgan fingerprint density at radius 2 is 2.00 bits per heavy atom. The highest BCUT2D eigenvalue weighted by Gasteiger charge is 2.65. The number of carbonyl (C=O) groups is 2. The average Bonchev–Trinajstić information content (AvgIpc) is 3.37. The van der Waals surface area contributed by atoms with Crippen LogP contribution in [0.3, 0.4) is 0 Å². The molecule has 14 nitrogen and oxygen atoms in total. The molecule has 0 radical (unpaired) electrons. The number of alkyl halides is 2. The van der Waals surface area contributed by atoms with Gasteiger partial charge in [-0.2, -0.15) is 13.8 Å². The molecular weight excluding hydrogens is 539 g/mol. The third-order valence-electron chi connectivity index (χ3n) is 5.53. The first-order valence-electron chi connectivity index (χ1n) is 11.1. The molecular formula is C21H20F2N3O11P. The van der Waals surface area contributed by atoms with Crippen molar-refractivity contribution in [1.82, 2.24) is 9.55 Å². The molecule has 3 unspecified atom stereocenters. The lowest BCUT2D eigenvalue weighted by atomic mass is 10.1. The number of hydrogen-bond acceptors (Lipinski definition) is 11. The Labute approximate surface area is 212 Å². The summed E-state index contributed by atoms with van der Waals surface area (Å²) in [6.07, 6.45) is -6.74. The number of fused-ring (bicyclic) bond motifs is 2. The quantitative estimate of drug-likeness (QED) is 0.495. The second-order valence-electron chi connectivity index (χ2n) is 8.65. The first-order valence-corrected chi connectivity index (χ1v) is 12.6. The number of hydrogen-bond donors (Lipinski definition) is 2. The molecule has 0 aliphatic carbocycles. The molecule has 1 amide bonds. The molecule has 38 heavy (non-hydrogen) atoms. The van der Waals surface area contributed by atoms with Gasteiger partial charge in [0.15, 0.2) is 17.6 Å². The lowest BCUT2D eigenvalue weighted by molar-refractivity contribution is -0.154. The predicted molar refractivity (Wildman–Crippen MR) is 119 cm³/mol. The summed E-state index contributed by atoms with van der Waals surface area (Å²) in [6, 6.07) is 4.97. The van der Waals surface area contributed by atoms with Crippen molar-refractivity contribution < 1.29 is 55.8 Å². The Bertz CT molecular complexity index is 1400. The number of carboxylic acid groups (broad SMARTS) is 1. The molecule has 0 bridgehead atoms. The molecule has 2 aromatic rings. The van der Waals surface area contributed by atoms with Crippen LogP contribution in [0.25, 0.3) is 0 Å². The predicted octanol–water partition coefficient (Wildman–Crippen LogP) is 2.16. The van der Waals surface area contributed by atoms with Crippen LogP contribution in [-0.2, 0) is 27.7 Å². The number of phosphoric acid groups is 1. The normalized spacial score (nSPS) is 29.2. The molecule has 0 saturated carbocycles. The summed E-state index contributed by atoms with van der Waals surface area (Å²) in [5.74, 6) is -6.05. The van der Waals surface area contributed by atoms with Crippen molar-refractivity contribution in [2.24, 2.45) is 0 Å². The number of nitrogens with one attached hydrogen (secondary N) is 1. The smallest absolute Gasteiger partial charge is 0.475 e. The van der Waals surface area contributed by atoms with Gasteiger partial charge in [-0.25, -0.2) is 14.2 Å². The standard InChI is InChI=1S/C21H20F2N3O11P/c1-9(2)36-38(31)32-8-13-15(37-38)21(22,23)19(35-13)26-6-5-14(25-20(26)30)24-16(27)10-3-4-11-12(7-10)34-18(33-11)17(28)29/h3-7,9,13,15,18-19H,8H2,1-2H3,(H,28,29)(H,24,25,27,30)/t13-,15-,18?,19?,38?/m1/s1. The summed E-state index contributed by atoms with van der Waals surface area (Å²) in [5.41, 5.74) is -1.16. The number of phosphoric ester groups is 1. The molecule has 4 heterocycles. The summed E-state index contributed by atoms with van der Waals surface area (Å²) >= 11 is 0. The van der Waals surface area contributed by atoms with E-state index in [2.05, 4.69) is 10.3 Å². The van der Waals surface area contributed by atoms with E-state index in [4.69, 9.17) is 32.9 Å². The van der Waals surface area contributed by atoms with Gasteiger partial charge in [0.05, 0.1) is 12.7 Å². The van der Waals surface area contributed by atoms with Gasteiger partial charge in [0.25, 0.3) is 5.91 Å². The number of ether oxygens (including phenoxy) is 3. The number of carboxylic acids is 1. The first-order chi connectivity index (χ1) is 17.9. The van der Waals surface area contributed by atoms with E-state index in [9.17, 15) is 18.9 Å². The molecule has 1 aromatic carbocycles. The van der Waals surface area contributed by atoms with E-state index in [0.29, 0.717) is 4.57 Å². The number of benzene rings is 1. The molecule has 1 aromatic heterocycles. The maximum atomic E-state index is 15.2. The van der Waals surface area contributed by atoms with Crippen LogP contribution >= 0.6 is 7.82 Å². The lowest BCUT2D eigenvalue weighted by Crippen LogP contribution is -2.45. The highest BCUT2D eigenvalue weighted by molar-refractivity contribution is 7.48. The van der Waals surface area contributed by atoms with Crippen LogP contribution < -0.4 is 20.5 Å². The number of carbonyl (C=O) groups excluding carboxylic acids is 1. The first kappa shape index (κ1) is 26.2. The minimum atomic E-state index is -4.27. The average molecular weight is 559 g/mol. The zero-order chi connectivity index (χ0) is 27.4. The number of aromatic nitrogens is 2. The Morgan fingerprint density at radius 3 is 2.68 bits per heavy atom. The highest BCUT2D eigenvalue weighted by atomic mass is 31.2. The summed E-state index contributed by atoms with van der Waals surface area (Å²) in [6.45, 7) is 2.54. The summed E-state index contributed by atoms with van der Waals surface area (Å²) in [4.78, 5) is 39.8. The molecule has 2 N–H and O–H groups in total. The molecule has 204 valence electrons. The lowest BCUT2D eigenvalue weighted by Gasteiger charge is -2.32. The maximum Gasteiger partial charge on any atom is 0.475 e. The van der Waals surface area contributed by atoms with Gasteiger partial charge in [-0.1, -0.05) is 0 Å². The van der Waals surface area contributed by atoms with Gasteiger partial charge >= 0.3 is 31.7 Å². The fourth-order valence-electron chi connectivity index (χ4n) is 3.92. The van der Waals surface area contributed by atoms with E-state index < -0.39 is 68.7 Å². The van der Waals surface area contributed by atoms with Crippen LogP contribution in [0.5, 0.6) is 11.5 Å². The van der Waals surface area contributed by atoms with E-state index in [-0.39, 0.29) is 22.9 Å². The van der Waals surface area contributed by atoms with Crippen LogP contribution in [0.15, 0.2) is 35.3 Å². The number of rotatable bonds is 6. The summed E-state index contributed by atoms with van der Waals surface area (Å²) < 4.78 is 73.9. The van der Waals surface area contributed by atoms with Crippen molar-refractivity contribution in [3.63, 3.8) is 0 Å². The van der Waals surface area contributed by atoms with Crippen LogP contribution in [0.4, 0.5) is 14.6 Å². The molecule has 17 heteroatoms. The van der Waals surface area contributed by atoms with Crippen molar-refractivity contribution in [3.05, 3.63) is 46.5 Å². The molecule has 0 spiro atoms. The molecule has 3 aliphatic heterocycles. The third kappa shape index (κ3) is 4.76. The van der Waals surface area contributed by atoms with Crippen molar-refractivity contribution >= 4 is 25.5 Å². The fraction of sp³-hybridized carbons (Fsp3) is 0.429. The van der Waals surface area contributed by atoms with Crippen LogP contribution in [0.2, 0.25) is 0 Å². The zero-order valence-electron chi connectivity index (χ0n) is 19.6. The van der Waals surface area contributed by atoms with Gasteiger partial charge in [0.2, 0.25) is 6.23 Å². The number of amides is 1. The minimum absolute atomic E-state index is 0.0179. The second kappa shape index (κ2) is 9.39. The molecule has 2 fully saturated rings. The molecule has 5 rings (SSSR count). The van der Waals surface area contributed by atoms with E-state index in [1.165, 1.54) is 32.0 Å². The van der Waals surface area contributed by atoms with Gasteiger partial charge in [0.1, 0.15) is 11.9 Å². The van der Waals surface area contributed by atoms with Crippen molar-refractivity contribution in [3.8, 4) is 11.5 Å². The number of aliphatic carboxylic acids is 1. The van der Waals surface area contributed by atoms with E-state index in [1.807, 2.05) is 0 Å². The van der Waals surface area contributed by atoms with Gasteiger partial charge in [-0.05, 0) is 38.1 Å². The summed E-state index contributed by atoms with van der Waals surface area (Å²) in [7, 11) is -4.27. The Hall–Kier alpha value is -3.43. The van der Waals surface area contributed by atoms with Crippen molar-refractivity contribution in [1.29, 1.82) is 0 Å².